The van der Waals surface area contributed by atoms with Crippen LogP contribution in [0.5, 0.6) is 0 Å². The zero-order valence-corrected chi connectivity index (χ0v) is 9.89. The Balaban J connectivity index is 2.33. The molecule has 0 aromatic carbocycles. The molecule has 6 nitrogen and oxygen atoms in total. The molecule has 6 heteroatoms. The van der Waals surface area contributed by atoms with E-state index in [1.165, 1.54) is 7.11 Å². The van der Waals surface area contributed by atoms with Crippen LogP contribution in [-0.4, -0.2) is 41.8 Å². The number of methoxy groups -OCH3 is 1. The third kappa shape index (κ3) is 3.98. The molecule has 0 unspecified atom stereocenters. The third-order valence-electron chi connectivity index (χ3n) is 2.14. The number of ether oxygens (including phenoxy) is 1. The zero-order valence-electron chi connectivity index (χ0n) is 9.89. The summed E-state index contributed by atoms with van der Waals surface area (Å²) in [7, 11) is 3.27. The molecule has 0 saturated heterocycles. The van der Waals surface area contributed by atoms with Gasteiger partial charge in [-0.25, -0.2) is 0 Å². The van der Waals surface area contributed by atoms with E-state index in [2.05, 4.69) is 14.9 Å². The van der Waals surface area contributed by atoms with E-state index in [-0.39, 0.29) is 5.97 Å². The lowest BCUT2D eigenvalue weighted by Crippen LogP contribution is -2.22. The van der Waals surface area contributed by atoms with Crippen molar-refractivity contribution in [3.8, 4) is 0 Å². The first-order valence-electron chi connectivity index (χ1n) is 5.22. The van der Waals surface area contributed by atoms with Crippen LogP contribution in [0, 0.1) is 0 Å². The van der Waals surface area contributed by atoms with Gasteiger partial charge >= 0.3 is 5.97 Å². The highest BCUT2D eigenvalue weighted by molar-refractivity contribution is 5.69. The number of nitrogens with zero attached hydrogens (tertiary/aromatic N) is 3. The van der Waals surface area contributed by atoms with Crippen LogP contribution in [0.4, 0.5) is 0 Å². The predicted octanol–water partition coefficient (Wildman–Crippen LogP) is 0.627. The first-order valence-corrected chi connectivity index (χ1v) is 5.22. The van der Waals surface area contributed by atoms with E-state index >= 15 is 0 Å². The van der Waals surface area contributed by atoms with Crippen LogP contribution in [0.15, 0.2) is 4.42 Å². The number of carbonyl (C=O) groups is 1. The summed E-state index contributed by atoms with van der Waals surface area (Å²) in [6.07, 6.45) is 1.10. The average molecular weight is 227 g/mol. The maximum Gasteiger partial charge on any atom is 0.306 e. The van der Waals surface area contributed by atoms with Gasteiger partial charge < -0.3 is 9.15 Å². The smallest absolute Gasteiger partial charge is 0.306 e. The molecular formula is C10H17N3O3. The third-order valence-corrected chi connectivity index (χ3v) is 2.14. The van der Waals surface area contributed by atoms with Gasteiger partial charge in [0.1, 0.15) is 0 Å². The van der Waals surface area contributed by atoms with Crippen molar-refractivity contribution in [2.24, 2.45) is 0 Å². The molecule has 0 N–H and O–H groups in total. The normalized spacial score (nSPS) is 10.8. The Morgan fingerprint density at radius 2 is 2.12 bits per heavy atom. The van der Waals surface area contributed by atoms with Gasteiger partial charge in [-0.3, -0.25) is 9.69 Å². The summed E-state index contributed by atoms with van der Waals surface area (Å²) >= 11 is 0. The molecule has 0 spiro atoms. The van der Waals surface area contributed by atoms with E-state index in [1.807, 2.05) is 18.9 Å². The van der Waals surface area contributed by atoms with Crippen LogP contribution in [-0.2, 0) is 22.5 Å². The Morgan fingerprint density at radius 3 is 2.69 bits per heavy atom. The fourth-order valence-electron chi connectivity index (χ4n) is 1.19. The lowest BCUT2D eigenvalue weighted by atomic mass is 10.4. The Hall–Kier alpha value is -1.43. The molecule has 0 aliphatic rings. The first-order chi connectivity index (χ1) is 7.65. The molecule has 1 rings (SSSR count). The number of hydrogen-bond acceptors (Lipinski definition) is 6. The minimum atomic E-state index is -0.216. The van der Waals surface area contributed by atoms with Crippen molar-refractivity contribution in [2.75, 3.05) is 20.7 Å². The number of rotatable bonds is 6. The van der Waals surface area contributed by atoms with Gasteiger partial charge in [-0.1, -0.05) is 6.92 Å². The fourth-order valence-corrected chi connectivity index (χ4v) is 1.19. The zero-order chi connectivity index (χ0) is 12.0. The number of aryl methyl sites for hydroxylation is 1. The van der Waals surface area contributed by atoms with Crippen molar-refractivity contribution in [3.05, 3.63) is 11.8 Å². The molecular weight excluding hydrogens is 210 g/mol. The molecule has 0 bridgehead atoms. The molecule has 0 atom stereocenters. The van der Waals surface area contributed by atoms with Crippen LogP contribution >= 0.6 is 0 Å². The Morgan fingerprint density at radius 1 is 1.44 bits per heavy atom. The highest BCUT2D eigenvalue weighted by Gasteiger charge is 2.09. The van der Waals surface area contributed by atoms with Crippen LogP contribution in [0.1, 0.15) is 25.1 Å². The maximum atomic E-state index is 10.9. The first kappa shape index (κ1) is 12.6. The lowest BCUT2D eigenvalue weighted by Gasteiger charge is -2.12. The summed E-state index contributed by atoms with van der Waals surface area (Å²) in [4.78, 5) is 12.9. The van der Waals surface area contributed by atoms with E-state index in [1.54, 1.807) is 0 Å². The van der Waals surface area contributed by atoms with E-state index in [4.69, 9.17) is 4.42 Å². The predicted molar refractivity (Wildman–Crippen MR) is 56.6 cm³/mol. The Kier molecular flexibility index (Phi) is 4.91. The maximum absolute atomic E-state index is 10.9. The largest absolute Gasteiger partial charge is 0.469 e. The highest BCUT2D eigenvalue weighted by Crippen LogP contribution is 2.03. The van der Waals surface area contributed by atoms with E-state index in [9.17, 15) is 4.79 Å². The summed E-state index contributed by atoms with van der Waals surface area (Å²) in [6, 6.07) is 0. The van der Waals surface area contributed by atoms with Crippen LogP contribution in [0.2, 0.25) is 0 Å². The van der Waals surface area contributed by atoms with Gasteiger partial charge in [0, 0.05) is 13.0 Å². The van der Waals surface area contributed by atoms with Gasteiger partial charge in [-0.05, 0) is 7.05 Å². The van der Waals surface area contributed by atoms with Gasteiger partial charge in [0.25, 0.3) is 0 Å². The minimum absolute atomic E-state index is 0.216. The summed E-state index contributed by atoms with van der Waals surface area (Å²) in [5, 5.41) is 7.76. The molecule has 0 aliphatic carbocycles. The van der Waals surface area contributed by atoms with Crippen molar-refractivity contribution >= 4 is 5.97 Å². The topological polar surface area (TPSA) is 68.5 Å². The van der Waals surface area contributed by atoms with Gasteiger partial charge in [-0.15, -0.1) is 10.2 Å². The van der Waals surface area contributed by atoms with E-state index in [0.29, 0.717) is 31.3 Å². The molecule has 0 radical (unpaired) electrons. The molecule has 0 fully saturated rings. The molecule has 0 saturated carbocycles. The summed E-state index contributed by atoms with van der Waals surface area (Å²) in [5.41, 5.74) is 0. The standard InChI is InChI=1S/C10H17N3O3/c1-4-8-11-12-9(16-8)7-13(2)6-5-10(14)15-3/h4-7H2,1-3H3. The molecule has 90 valence electrons. The molecule has 1 heterocycles. The van der Waals surface area contributed by atoms with Gasteiger partial charge in [0.15, 0.2) is 0 Å². The van der Waals surface area contributed by atoms with Crippen LogP contribution in [0.3, 0.4) is 0 Å². The van der Waals surface area contributed by atoms with E-state index < -0.39 is 0 Å². The Labute approximate surface area is 94.6 Å². The summed E-state index contributed by atoms with van der Waals surface area (Å²) in [6.45, 7) is 3.11. The molecule has 1 aromatic heterocycles. The summed E-state index contributed by atoms with van der Waals surface area (Å²) in [5.74, 6) is 0.993. The second kappa shape index (κ2) is 6.22. The monoisotopic (exact) mass is 227 g/mol. The van der Waals surface area contributed by atoms with Crippen molar-refractivity contribution in [1.29, 1.82) is 0 Å². The van der Waals surface area contributed by atoms with Crippen LogP contribution in [0.25, 0.3) is 0 Å². The minimum Gasteiger partial charge on any atom is -0.469 e. The average Bonchev–Trinajstić information content (AvgIpc) is 2.73. The van der Waals surface area contributed by atoms with Gasteiger partial charge in [-0.2, -0.15) is 0 Å². The second-order valence-corrected chi connectivity index (χ2v) is 3.51. The van der Waals surface area contributed by atoms with Crippen molar-refractivity contribution in [2.45, 2.75) is 26.3 Å². The summed E-state index contributed by atoms with van der Waals surface area (Å²) < 4.78 is 9.91. The molecule has 16 heavy (non-hydrogen) atoms. The highest BCUT2D eigenvalue weighted by atomic mass is 16.5. The van der Waals surface area contributed by atoms with Gasteiger partial charge in [0.2, 0.25) is 11.8 Å². The second-order valence-electron chi connectivity index (χ2n) is 3.51. The number of hydrogen-bond donors (Lipinski definition) is 0. The van der Waals surface area contributed by atoms with Crippen molar-refractivity contribution in [3.63, 3.8) is 0 Å². The van der Waals surface area contributed by atoms with Crippen molar-refractivity contribution in [1.82, 2.24) is 15.1 Å². The number of carbonyl (C=O) groups excluding carboxylic acids is 1. The molecule has 0 amide bonds. The van der Waals surface area contributed by atoms with E-state index in [0.717, 1.165) is 6.42 Å². The lowest BCUT2D eigenvalue weighted by molar-refractivity contribution is -0.140. The molecule has 1 aromatic rings. The number of esters is 1. The Bertz CT molecular complexity index is 338. The quantitative estimate of drug-likeness (QED) is 0.664. The molecule has 0 aliphatic heterocycles. The fraction of sp³-hybridized carbons (Fsp3) is 0.700. The van der Waals surface area contributed by atoms with Crippen molar-refractivity contribution < 1.29 is 13.9 Å². The number of aromatic nitrogens is 2. The van der Waals surface area contributed by atoms with Gasteiger partial charge in [0.05, 0.1) is 20.1 Å². The van der Waals surface area contributed by atoms with Crippen LogP contribution < -0.4 is 0 Å². The SMILES string of the molecule is CCc1nnc(CN(C)CCC(=O)OC)o1.